The monoisotopic (exact) mass is 343 g/mol. The predicted molar refractivity (Wildman–Crippen MR) is 97.1 cm³/mol. The number of rotatable bonds is 7. The van der Waals surface area contributed by atoms with Crippen molar-refractivity contribution in [3.63, 3.8) is 0 Å². The van der Waals surface area contributed by atoms with E-state index in [1.807, 2.05) is 0 Å². The van der Waals surface area contributed by atoms with Gasteiger partial charge >= 0.3 is 0 Å². The number of unbranched alkanes of at least 4 members (excludes halogenated alkanes) is 2. The van der Waals surface area contributed by atoms with Crippen LogP contribution in [0.25, 0.3) is 0 Å². The minimum Gasteiger partial charge on any atom is -0.369 e. The second kappa shape index (κ2) is 7.23. The van der Waals surface area contributed by atoms with Gasteiger partial charge in [0, 0.05) is 6.54 Å². The SMILES string of the molecule is C=C1N=C(n2ncc(C#N)c2NCC2CC2)C(Cl)=C1CCCCC. The van der Waals surface area contributed by atoms with E-state index in [1.165, 1.54) is 12.8 Å². The third kappa shape index (κ3) is 3.39. The lowest BCUT2D eigenvalue weighted by atomic mass is 10.1. The summed E-state index contributed by atoms with van der Waals surface area (Å²) in [5.41, 5.74) is 2.20. The van der Waals surface area contributed by atoms with Crippen LogP contribution in [0.4, 0.5) is 5.82 Å². The third-order valence-corrected chi connectivity index (χ3v) is 4.82. The number of nitrogens with zero attached hydrogens (tertiary/aromatic N) is 4. The summed E-state index contributed by atoms with van der Waals surface area (Å²) in [4.78, 5) is 4.52. The van der Waals surface area contributed by atoms with Gasteiger partial charge < -0.3 is 5.32 Å². The number of anilines is 1. The quantitative estimate of drug-likeness (QED) is 0.745. The maximum absolute atomic E-state index is 9.32. The summed E-state index contributed by atoms with van der Waals surface area (Å²) in [6, 6.07) is 2.18. The Morgan fingerprint density at radius 1 is 1.46 bits per heavy atom. The number of nitriles is 1. The van der Waals surface area contributed by atoms with Crippen LogP contribution in [-0.4, -0.2) is 22.2 Å². The molecule has 0 amide bonds. The maximum atomic E-state index is 9.32. The molecule has 0 aromatic carbocycles. The first-order chi connectivity index (χ1) is 11.7. The van der Waals surface area contributed by atoms with Crippen molar-refractivity contribution in [2.24, 2.45) is 10.9 Å². The van der Waals surface area contributed by atoms with E-state index in [0.29, 0.717) is 33.9 Å². The summed E-state index contributed by atoms with van der Waals surface area (Å²) < 4.78 is 1.64. The summed E-state index contributed by atoms with van der Waals surface area (Å²) in [6.45, 7) is 7.04. The highest BCUT2D eigenvalue weighted by Gasteiger charge is 2.27. The fourth-order valence-electron chi connectivity index (χ4n) is 2.78. The first kappa shape index (κ1) is 16.8. The Balaban J connectivity index is 1.85. The number of hydrogen-bond donors (Lipinski definition) is 1. The molecule has 0 unspecified atom stereocenters. The van der Waals surface area contributed by atoms with Crippen molar-refractivity contribution in [1.82, 2.24) is 9.78 Å². The molecule has 6 heteroatoms. The van der Waals surface area contributed by atoms with Crippen LogP contribution >= 0.6 is 11.6 Å². The van der Waals surface area contributed by atoms with Gasteiger partial charge in [0.2, 0.25) is 0 Å². The molecule has 0 atom stereocenters. The minimum absolute atomic E-state index is 0.507. The molecule has 1 aromatic rings. The molecule has 1 aromatic heterocycles. The lowest BCUT2D eigenvalue weighted by Gasteiger charge is -2.10. The van der Waals surface area contributed by atoms with Crippen molar-refractivity contribution in [3.8, 4) is 6.07 Å². The number of halogens is 1. The Morgan fingerprint density at radius 3 is 2.92 bits per heavy atom. The van der Waals surface area contributed by atoms with E-state index in [1.54, 1.807) is 10.9 Å². The van der Waals surface area contributed by atoms with Gasteiger partial charge in [0.25, 0.3) is 0 Å². The summed E-state index contributed by atoms with van der Waals surface area (Å²) in [5, 5.41) is 17.6. The molecule has 1 N–H and O–H groups in total. The van der Waals surface area contributed by atoms with Crippen LogP contribution in [0, 0.1) is 17.2 Å². The smallest absolute Gasteiger partial charge is 0.175 e. The molecule has 0 radical (unpaired) electrons. The van der Waals surface area contributed by atoms with Crippen molar-refractivity contribution in [3.05, 3.63) is 34.6 Å². The van der Waals surface area contributed by atoms with E-state index in [4.69, 9.17) is 11.6 Å². The van der Waals surface area contributed by atoms with E-state index in [-0.39, 0.29) is 0 Å². The molecule has 1 fully saturated rings. The molecule has 1 saturated carbocycles. The Morgan fingerprint density at radius 2 is 2.25 bits per heavy atom. The molecule has 0 bridgehead atoms. The van der Waals surface area contributed by atoms with E-state index in [0.717, 1.165) is 37.8 Å². The van der Waals surface area contributed by atoms with E-state index in [2.05, 4.69) is 35.0 Å². The van der Waals surface area contributed by atoms with Gasteiger partial charge in [0.05, 0.1) is 16.9 Å². The van der Waals surface area contributed by atoms with Crippen LogP contribution in [-0.2, 0) is 0 Å². The van der Waals surface area contributed by atoms with E-state index >= 15 is 0 Å². The van der Waals surface area contributed by atoms with Crippen molar-refractivity contribution in [2.75, 3.05) is 11.9 Å². The number of nitrogens with one attached hydrogen (secondary N) is 1. The minimum atomic E-state index is 0.507. The van der Waals surface area contributed by atoms with E-state index in [9.17, 15) is 5.26 Å². The fraction of sp³-hybridized carbons (Fsp3) is 0.500. The zero-order valence-corrected chi connectivity index (χ0v) is 14.7. The Labute approximate surface area is 147 Å². The van der Waals surface area contributed by atoms with Gasteiger partial charge in [-0.1, -0.05) is 37.9 Å². The summed E-state index contributed by atoms with van der Waals surface area (Å²) in [6.07, 6.45) is 8.29. The average Bonchev–Trinajstić information content (AvgIpc) is 3.26. The third-order valence-electron chi connectivity index (χ3n) is 4.43. The predicted octanol–water partition coefficient (Wildman–Crippen LogP) is 4.42. The molecule has 1 aliphatic heterocycles. The lowest BCUT2D eigenvalue weighted by molar-refractivity contribution is 0.716. The van der Waals surface area contributed by atoms with Crippen LogP contribution in [0.1, 0.15) is 51.0 Å². The highest BCUT2D eigenvalue weighted by Crippen LogP contribution is 2.34. The molecule has 126 valence electrons. The van der Waals surface area contributed by atoms with Gasteiger partial charge in [-0.25, -0.2) is 4.99 Å². The average molecular weight is 344 g/mol. The van der Waals surface area contributed by atoms with Gasteiger partial charge in [0.1, 0.15) is 17.5 Å². The summed E-state index contributed by atoms with van der Waals surface area (Å²) >= 11 is 6.57. The van der Waals surface area contributed by atoms with Crippen molar-refractivity contribution in [2.45, 2.75) is 45.4 Å². The Bertz CT molecular complexity index is 746. The number of aromatic nitrogens is 2. The second-order valence-corrected chi connectivity index (χ2v) is 6.76. The van der Waals surface area contributed by atoms with Crippen LogP contribution in [0.3, 0.4) is 0 Å². The summed E-state index contributed by atoms with van der Waals surface area (Å²) in [7, 11) is 0. The first-order valence-electron chi connectivity index (χ1n) is 8.55. The molecule has 1 aliphatic carbocycles. The second-order valence-electron chi connectivity index (χ2n) is 6.39. The standard InChI is InChI=1S/C18H22ClN5/c1-3-4-5-6-15-12(2)23-18(16(15)19)24-17(14(9-20)11-22-24)21-10-13-7-8-13/h11,13,21H,2-8,10H2,1H3. The molecular weight excluding hydrogens is 322 g/mol. The first-order valence-corrected chi connectivity index (χ1v) is 8.92. The molecule has 24 heavy (non-hydrogen) atoms. The molecule has 0 spiro atoms. The fourth-order valence-corrected chi connectivity index (χ4v) is 3.10. The van der Waals surface area contributed by atoms with Crippen molar-refractivity contribution < 1.29 is 0 Å². The number of hydrogen-bond acceptors (Lipinski definition) is 4. The highest BCUT2D eigenvalue weighted by atomic mass is 35.5. The van der Waals surface area contributed by atoms with Crippen molar-refractivity contribution in [1.29, 1.82) is 5.26 Å². The molecule has 0 saturated heterocycles. The Hall–Kier alpha value is -2.06. The van der Waals surface area contributed by atoms with E-state index < -0.39 is 0 Å². The van der Waals surface area contributed by atoms with Gasteiger partial charge in [-0.15, -0.1) is 0 Å². The maximum Gasteiger partial charge on any atom is 0.175 e. The lowest BCUT2D eigenvalue weighted by Crippen LogP contribution is -2.17. The van der Waals surface area contributed by atoms with Gasteiger partial charge in [0.15, 0.2) is 5.84 Å². The van der Waals surface area contributed by atoms with Gasteiger partial charge in [-0.05, 0) is 37.2 Å². The molecule has 2 heterocycles. The zero-order chi connectivity index (χ0) is 17.1. The Kier molecular flexibility index (Phi) is 5.06. The molecule has 5 nitrogen and oxygen atoms in total. The topological polar surface area (TPSA) is 66.0 Å². The van der Waals surface area contributed by atoms with Crippen LogP contribution in [0.2, 0.25) is 0 Å². The largest absolute Gasteiger partial charge is 0.369 e. The number of allylic oxidation sites excluding steroid dienone is 2. The highest BCUT2D eigenvalue weighted by molar-refractivity contribution is 6.45. The van der Waals surface area contributed by atoms with Crippen LogP contribution < -0.4 is 5.32 Å². The molecule has 3 rings (SSSR count). The number of aliphatic imine (C=N–C) groups is 1. The molecule has 2 aliphatic rings. The summed E-state index contributed by atoms with van der Waals surface area (Å²) in [5.74, 6) is 1.92. The zero-order valence-electron chi connectivity index (χ0n) is 14.0. The normalized spacial score (nSPS) is 17.2. The van der Waals surface area contributed by atoms with Crippen molar-refractivity contribution >= 4 is 23.3 Å². The van der Waals surface area contributed by atoms with Gasteiger partial charge in [-0.2, -0.15) is 15.0 Å². The van der Waals surface area contributed by atoms with Crippen LogP contribution in [0.5, 0.6) is 0 Å². The van der Waals surface area contributed by atoms with Gasteiger partial charge in [-0.3, -0.25) is 0 Å². The molecular formula is C18H22ClN5. The van der Waals surface area contributed by atoms with Crippen LogP contribution in [0.15, 0.2) is 34.1 Å².